The summed E-state index contributed by atoms with van der Waals surface area (Å²) in [6.07, 6.45) is 0. The summed E-state index contributed by atoms with van der Waals surface area (Å²) in [6.45, 7) is 1.24. The monoisotopic (exact) mass is 72.0 g/mol. The maximum atomic E-state index is 9.67. The average molecular weight is 71.9 g/mol. The van der Waals surface area contributed by atoms with Gasteiger partial charge in [0.25, 0.3) is 5.97 Å². The Labute approximate surface area is 32.9 Å². The number of carbonyl (C=O) groups is 1. The number of hydrogen-bond acceptors (Lipinski definition) is 2. The predicted octanol–water partition coefficient (Wildman–Crippen LogP) is -0.635. The zero-order valence-corrected chi connectivity index (χ0v) is 2.89. The molecule has 0 aromatic heterocycles. The fraction of sp³-hybridized carbons (Fsp3) is 0.500. The van der Waals surface area contributed by atoms with E-state index >= 15 is 0 Å². The van der Waals surface area contributed by atoms with Crippen LogP contribution in [0.15, 0.2) is 0 Å². The molecule has 5 heavy (non-hydrogen) atoms. The van der Waals surface area contributed by atoms with E-state index in [0.717, 1.165) is 0 Å². The average Bonchev–Trinajstić information content (AvgIpc) is 1.35. The van der Waals surface area contributed by atoms with Gasteiger partial charge in [-0.2, -0.15) is 0 Å². The van der Waals surface area contributed by atoms with E-state index in [0.29, 0.717) is 8.01 Å². The molecule has 0 aliphatic heterocycles. The van der Waals surface area contributed by atoms with Gasteiger partial charge in [0, 0.05) is 8.26 Å². The zero-order valence-electron chi connectivity index (χ0n) is 3.89. The van der Waals surface area contributed by atoms with Crippen LogP contribution in [0.5, 0.6) is 0 Å². The summed E-state index contributed by atoms with van der Waals surface area (Å²) < 4.78 is 10.1. The maximum Gasteiger partial charge on any atom is 0.352 e. The first-order valence-corrected chi connectivity index (χ1v) is 1.14. The molecule has 0 spiro atoms. The zero-order chi connectivity index (χ0) is 4.99. The topological polar surface area (TPSA) is 26.3 Å². The van der Waals surface area contributed by atoms with E-state index in [1.165, 1.54) is 6.92 Å². The van der Waals surface area contributed by atoms with E-state index in [4.69, 9.17) is 1.34 Å². The summed E-state index contributed by atoms with van der Waals surface area (Å²) in [4.78, 5) is 9.67. The highest BCUT2D eigenvalue weighted by Gasteiger charge is 1.75. The highest BCUT2D eigenvalue weighted by molar-refractivity contribution is 6.04. The molecule has 0 atom stereocenters. The molecule has 0 bridgehead atoms. The summed E-state index contributed by atoms with van der Waals surface area (Å²) >= 11 is 0. The third-order valence-electron chi connectivity index (χ3n) is 0.166. The van der Waals surface area contributed by atoms with Gasteiger partial charge in [0.05, 0.1) is 0 Å². The second-order valence-electron chi connectivity index (χ2n) is 0.609. The Hall–Kier alpha value is -0.465. The lowest BCUT2D eigenvalue weighted by atomic mass is 10.6. The van der Waals surface area contributed by atoms with E-state index in [9.17, 15) is 4.79 Å². The van der Waals surface area contributed by atoms with Crippen LogP contribution in [0.25, 0.3) is 0 Å². The summed E-state index contributed by atoms with van der Waals surface area (Å²) in [6, 6.07) is 0. The van der Waals surface area contributed by atoms with Gasteiger partial charge in [-0.25, -0.2) is 0 Å². The van der Waals surface area contributed by atoms with Crippen molar-refractivity contribution in [2.75, 3.05) is 0 Å². The molecule has 3 heteroatoms. The van der Waals surface area contributed by atoms with Crippen LogP contribution >= 0.6 is 0 Å². The molecule has 2 nitrogen and oxygen atoms in total. The second kappa shape index (κ2) is 1.82. The Kier molecular flexibility index (Phi) is 1.00. The van der Waals surface area contributed by atoms with Crippen molar-refractivity contribution < 1.29 is 9.45 Å². The van der Waals surface area contributed by atoms with Crippen LogP contribution in [0.4, 0.5) is 0 Å². The molecule has 0 fully saturated rings. The van der Waals surface area contributed by atoms with Gasteiger partial charge in [-0.15, -0.1) is 0 Å². The quantitative estimate of drug-likeness (QED) is 0.385. The fourth-order valence-corrected chi connectivity index (χ4v) is 0. The SMILES string of the molecule is [2H][B]OC(C)=O. The number of hydrogen-bond donors (Lipinski definition) is 0. The van der Waals surface area contributed by atoms with Crippen molar-refractivity contribution in [2.24, 2.45) is 0 Å². The summed E-state index contributed by atoms with van der Waals surface area (Å²) in [5.74, 6) is -0.454. The molecule has 0 saturated carbocycles. The molecular weight excluding hydrogens is 66.8 g/mol. The normalized spacial score (nSPS) is 8.60. The highest BCUT2D eigenvalue weighted by atomic mass is 16.5. The van der Waals surface area contributed by atoms with Crippen LogP contribution in [0.3, 0.4) is 0 Å². The molecule has 0 N–H and O–H groups in total. The Morgan fingerprint density at radius 2 is 3.00 bits per heavy atom. The number of carbonyl (C=O) groups excluding carboxylic acids is 1. The molecule has 0 aliphatic rings. The van der Waals surface area contributed by atoms with Gasteiger partial charge in [0.15, 0.2) is 0 Å². The van der Waals surface area contributed by atoms with Gasteiger partial charge in [0.2, 0.25) is 0 Å². The standard InChI is InChI=1S/C2H4BO2/c1-2(4)5-3/h3H,1H3/i3D. The molecule has 0 heterocycles. The minimum atomic E-state index is -0.454. The van der Waals surface area contributed by atoms with E-state index in [-0.39, 0.29) is 0 Å². The minimum absolute atomic E-state index is 0.454. The van der Waals surface area contributed by atoms with Crippen LogP contribution in [-0.2, 0) is 9.45 Å². The van der Waals surface area contributed by atoms with Crippen molar-refractivity contribution in [2.45, 2.75) is 6.92 Å². The molecule has 0 aromatic carbocycles. The lowest BCUT2D eigenvalue weighted by Crippen LogP contribution is -1.90. The van der Waals surface area contributed by atoms with Crippen LogP contribution in [0, 0.1) is 0 Å². The Morgan fingerprint density at radius 1 is 2.40 bits per heavy atom. The smallest absolute Gasteiger partial charge is 0.352 e. The Bertz CT molecular complexity index is 55.5. The second-order valence-corrected chi connectivity index (χ2v) is 0.609. The fourth-order valence-electron chi connectivity index (χ4n) is 0. The molecule has 1 radical (unpaired) electrons. The van der Waals surface area contributed by atoms with Gasteiger partial charge in [-0.05, 0) is 0 Å². The Morgan fingerprint density at radius 3 is 3.00 bits per heavy atom. The summed E-state index contributed by atoms with van der Waals surface area (Å²) in [7, 11) is 0.600. The van der Waals surface area contributed by atoms with E-state index in [2.05, 4.69) is 4.65 Å². The molecule has 27 valence electrons. The van der Waals surface area contributed by atoms with Crippen molar-refractivity contribution in [3.05, 3.63) is 0 Å². The molecule has 0 aliphatic carbocycles. The highest BCUT2D eigenvalue weighted by Crippen LogP contribution is 1.58. The lowest BCUT2D eigenvalue weighted by molar-refractivity contribution is -0.131. The molecule has 0 rings (SSSR count). The maximum absolute atomic E-state index is 9.67. The third kappa shape index (κ3) is 3.53. The van der Waals surface area contributed by atoms with Crippen molar-refractivity contribution >= 4 is 14.0 Å². The van der Waals surface area contributed by atoms with Crippen molar-refractivity contribution in [1.82, 2.24) is 0 Å². The predicted molar refractivity (Wildman–Crippen MR) is 18.9 cm³/mol. The van der Waals surface area contributed by atoms with Crippen molar-refractivity contribution in [1.29, 1.82) is 1.34 Å². The lowest BCUT2D eigenvalue weighted by Gasteiger charge is -1.81. The first kappa shape index (κ1) is 2.76. The number of rotatable bonds is 1. The molecule has 0 unspecified atom stereocenters. The van der Waals surface area contributed by atoms with Crippen LogP contribution in [0.2, 0.25) is 0 Å². The first-order chi connectivity index (χ1) is 2.77. The van der Waals surface area contributed by atoms with Crippen LogP contribution in [-0.4, -0.2) is 15.3 Å². The Balaban J connectivity index is 2.83. The van der Waals surface area contributed by atoms with Crippen LogP contribution < -0.4 is 0 Å². The molecule has 0 aromatic rings. The van der Waals surface area contributed by atoms with Crippen molar-refractivity contribution in [3.8, 4) is 0 Å². The molecular formula is C2H4BO2. The van der Waals surface area contributed by atoms with Crippen molar-refractivity contribution in [3.63, 3.8) is 0 Å². The van der Waals surface area contributed by atoms with E-state index in [1.807, 2.05) is 0 Å². The molecule has 0 amide bonds. The van der Waals surface area contributed by atoms with E-state index < -0.39 is 5.97 Å². The third-order valence-corrected chi connectivity index (χ3v) is 0.166. The van der Waals surface area contributed by atoms with Crippen LogP contribution in [0.1, 0.15) is 6.92 Å². The van der Waals surface area contributed by atoms with Gasteiger partial charge in [0.1, 0.15) is 0 Å². The largest absolute Gasteiger partial charge is 0.543 e. The summed E-state index contributed by atoms with van der Waals surface area (Å²) in [5.41, 5.74) is 0. The van der Waals surface area contributed by atoms with Gasteiger partial charge >= 0.3 is 8.01 Å². The molecule has 0 saturated heterocycles. The first-order valence-electron chi connectivity index (χ1n) is 1.72. The minimum Gasteiger partial charge on any atom is -0.543 e. The van der Waals surface area contributed by atoms with E-state index in [1.54, 1.807) is 0 Å². The van der Waals surface area contributed by atoms with Gasteiger partial charge in [-0.1, -0.05) is 0 Å². The summed E-state index contributed by atoms with van der Waals surface area (Å²) in [5, 5.41) is 0. The van der Waals surface area contributed by atoms with Gasteiger partial charge in [-0.3, -0.25) is 4.79 Å². The van der Waals surface area contributed by atoms with Gasteiger partial charge < -0.3 is 4.65 Å².